The Labute approximate surface area is 193 Å². The van der Waals surface area contributed by atoms with Crippen molar-refractivity contribution in [3.8, 4) is 0 Å². The molecule has 2 aromatic rings. The molecule has 4 rings (SSSR count). The number of carbonyl (C=O) groups excluding carboxylic acids is 2. The molecule has 2 heterocycles. The van der Waals surface area contributed by atoms with Crippen molar-refractivity contribution >= 4 is 27.7 Å². The summed E-state index contributed by atoms with van der Waals surface area (Å²) in [6.45, 7) is 2.04. The van der Waals surface area contributed by atoms with Crippen LogP contribution in [0.15, 0.2) is 59.1 Å². The molecule has 2 aliphatic rings. The van der Waals surface area contributed by atoms with Gasteiger partial charge in [0.25, 0.3) is 0 Å². The van der Waals surface area contributed by atoms with Crippen LogP contribution < -0.4 is 0 Å². The van der Waals surface area contributed by atoms with Gasteiger partial charge in [0.1, 0.15) is 0 Å². The van der Waals surface area contributed by atoms with E-state index in [-0.39, 0.29) is 37.0 Å². The summed E-state index contributed by atoms with van der Waals surface area (Å²) >= 11 is 3.24. The van der Waals surface area contributed by atoms with Crippen LogP contribution in [0.5, 0.6) is 0 Å². The first-order valence-corrected chi connectivity index (χ1v) is 11.4. The number of halogens is 4. The molecule has 4 nitrogen and oxygen atoms in total. The summed E-state index contributed by atoms with van der Waals surface area (Å²) in [6.07, 6.45) is -3.83. The Hall–Kier alpha value is -2.35. The van der Waals surface area contributed by atoms with Crippen molar-refractivity contribution in [1.29, 1.82) is 0 Å². The zero-order valence-corrected chi connectivity index (χ0v) is 19.2. The van der Waals surface area contributed by atoms with E-state index in [0.29, 0.717) is 17.3 Å². The second-order valence-electron chi connectivity index (χ2n) is 8.66. The number of piperidine rings is 1. The van der Waals surface area contributed by atoms with E-state index in [0.717, 1.165) is 10.5 Å². The Kier molecular flexibility index (Phi) is 6.09. The van der Waals surface area contributed by atoms with E-state index in [1.165, 1.54) is 12.1 Å². The van der Waals surface area contributed by atoms with Gasteiger partial charge in [-0.1, -0.05) is 58.4 Å². The molecule has 0 saturated carbocycles. The van der Waals surface area contributed by atoms with Crippen molar-refractivity contribution in [1.82, 2.24) is 9.80 Å². The van der Waals surface area contributed by atoms with Gasteiger partial charge in [-0.05, 0) is 43.0 Å². The smallest absolute Gasteiger partial charge is 0.335 e. The van der Waals surface area contributed by atoms with Gasteiger partial charge in [0, 0.05) is 24.0 Å². The zero-order chi connectivity index (χ0) is 23.1. The van der Waals surface area contributed by atoms with Gasteiger partial charge in [0.2, 0.25) is 11.8 Å². The minimum Gasteiger partial charge on any atom is -0.335 e. The van der Waals surface area contributed by atoms with Gasteiger partial charge in [-0.25, -0.2) is 0 Å². The van der Waals surface area contributed by atoms with E-state index in [2.05, 4.69) is 15.9 Å². The highest BCUT2D eigenvalue weighted by molar-refractivity contribution is 9.10. The first-order chi connectivity index (χ1) is 15.1. The number of carbonyl (C=O) groups is 2. The van der Waals surface area contributed by atoms with Crippen molar-refractivity contribution in [3.05, 3.63) is 70.2 Å². The van der Waals surface area contributed by atoms with Crippen molar-refractivity contribution in [3.63, 3.8) is 0 Å². The number of hydrogen-bond donors (Lipinski definition) is 0. The molecule has 2 amide bonds. The Morgan fingerprint density at radius 3 is 2.25 bits per heavy atom. The van der Waals surface area contributed by atoms with Crippen LogP contribution in [0.4, 0.5) is 13.2 Å². The molecule has 0 aromatic heterocycles. The van der Waals surface area contributed by atoms with Gasteiger partial charge >= 0.3 is 6.18 Å². The molecule has 0 radical (unpaired) electrons. The van der Waals surface area contributed by atoms with Crippen LogP contribution in [0.25, 0.3) is 0 Å². The Morgan fingerprint density at radius 1 is 0.969 bits per heavy atom. The van der Waals surface area contributed by atoms with Crippen LogP contribution >= 0.6 is 15.9 Å². The highest BCUT2D eigenvalue weighted by Crippen LogP contribution is 2.48. The summed E-state index contributed by atoms with van der Waals surface area (Å²) in [5.41, 5.74) is -0.164. The third-order valence-corrected chi connectivity index (χ3v) is 7.14. The zero-order valence-electron chi connectivity index (χ0n) is 17.6. The lowest BCUT2D eigenvalue weighted by Crippen LogP contribution is -2.54. The van der Waals surface area contributed by atoms with Gasteiger partial charge in [0.05, 0.1) is 11.5 Å². The minimum atomic E-state index is -4.62. The molecule has 1 spiro atoms. The molecular weight excluding hydrogens is 485 g/mol. The number of alkyl halides is 3. The number of nitrogens with zero attached hydrogens (tertiary/aromatic N) is 2. The Balaban J connectivity index is 1.63. The fourth-order valence-electron chi connectivity index (χ4n) is 4.97. The predicted octanol–water partition coefficient (Wildman–Crippen LogP) is 5.65. The first-order valence-electron chi connectivity index (χ1n) is 10.6. The fraction of sp³-hybridized carbons (Fsp3) is 0.417. The summed E-state index contributed by atoms with van der Waals surface area (Å²) in [7, 11) is 0. The average molecular weight is 509 g/mol. The second-order valence-corrected chi connectivity index (χ2v) is 9.58. The summed E-state index contributed by atoms with van der Waals surface area (Å²) in [5.74, 6) is -0.770. The van der Waals surface area contributed by atoms with E-state index in [4.69, 9.17) is 0 Å². The van der Waals surface area contributed by atoms with Gasteiger partial charge in [-0.15, -0.1) is 0 Å². The van der Waals surface area contributed by atoms with Gasteiger partial charge in [-0.3, -0.25) is 9.59 Å². The summed E-state index contributed by atoms with van der Waals surface area (Å²) in [6, 6.07) is 13.0. The van der Waals surface area contributed by atoms with E-state index >= 15 is 0 Å². The highest BCUT2D eigenvalue weighted by atomic mass is 79.9. The summed E-state index contributed by atoms with van der Waals surface area (Å²) in [4.78, 5) is 29.1. The van der Waals surface area contributed by atoms with Crippen LogP contribution in [0.3, 0.4) is 0 Å². The molecule has 2 aromatic carbocycles. The number of rotatable bonds is 4. The van der Waals surface area contributed by atoms with Crippen LogP contribution in [0.2, 0.25) is 0 Å². The maximum absolute atomic E-state index is 14.2. The SMILES string of the molecule is CC(c1ccccc1)N1CC2(CCCN([C@@H](c3ccc(Br)cc3)C(F)(F)F)C2=O)CC1=O. The molecule has 2 saturated heterocycles. The van der Waals surface area contributed by atoms with Gasteiger partial charge in [-0.2, -0.15) is 13.2 Å². The molecule has 2 fully saturated rings. The fourth-order valence-corrected chi connectivity index (χ4v) is 5.24. The molecule has 0 bridgehead atoms. The van der Waals surface area contributed by atoms with Crippen molar-refractivity contribution in [2.45, 2.75) is 44.4 Å². The quantitative estimate of drug-likeness (QED) is 0.534. The second kappa shape index (κ2) is 8.54. The number of hydrogen-bond acceptors (Lipinski definition) is 2. The predicted molar refractivity (Wildman–Crippen MR) is 118 cm³/mol. The summed E-state index contributed by atoms with van der Waals surface area (Å²) < 4.78 is 43.1. The number of benzene rings is 2. The van der Waals surface area contributed by atoms with E-state index in [9.17, 15) is 22.8 Å². The lowest BCUT2D eigenvalue weighted by atomic mass is 9.77. The lowest BCUT2D eigenvalue weighted by molar-refractivity contribution is -0.200. The first kappa shape index (κ1) is 22.8. The van der Waals surface area contributed by atoms with Crippen molar-refractivity contribution in [2.75, 3.05) is 13.1 Å². The largest absolute Gasteiger partial charge is 0.413 e. The maximum Gasteiger partial charge on any atom is 0.413 e. The third kappa shape index (κ3) is 4.17. The monoisotopic (exact) mass is 508 g/mol. The molecule has 8 heteroatoms. The Bertz CT molecular complexity index is 997. The molecule has 2 aliphatic heterocycles. The van der Waals surface area contributed by atoms with E-state index < -0.39 is 23.5 Å². The lowest BCUT2D eigenvalue weighted by Gasteiger charge is -2.43. The molecule has 32 heavy (non-hydrogen) atoms. The van der Waals surface area contributed by atoms with Crippen LogP contribution in [-0.2, 0) is 9.59 Å². The van der Waals surface area contributed by atoms with Crippen LogP contribution in [0.1, 0.15) is 49.4 Å². The average Bonchev–Trinajstić information content (AvgIpc) is 3.09. The normalized spacial score (nSPS) is 23.7. The molecule has 0 aliphatic carbocycles. The summed E-state index contributed by atoms with van der Waals surface area (Å²) in [5, 5.41) is 0. The topological polar surface area (TPSA) is 40.6 Å². The molecular formula is C24H24BrF3N2O2. The van der Waals surface area contributed by atoms with E-state index in [1.807, 2.05) is 37.3 Å². The van der Waals surface area contributed by atoms with Crippen molar-refractivity contribution in [2.24, 2.45) is 5.41 Å². The molecule has 0 N–H and O–H groups in total. The number of amides is 2. The van der Waals surface area contributed by atoms with Crippen molar-refractivity contribution < 1.29 is 22.8 Å². The Morgan fingerprint density at radius 2 is 1.62 bits per heavy atom. The number of likely N-dealkylation sites (tertiary alicyclic amines) is 2. The molecule has 2 unspecified atom stereocenters. The molecule has 3 atom stereocenters. The minimum absolute atomic E-state index is 0.0171. The van der Waals surface area contributed by atoms with Crippen LogP contribution in [0, 0.1) is 5.41 Å². The van der Waals surface area contributed by atoms with Crippen LogP contribution in [-0.4, -0.2) is 40.9 Å². The third-order valence-electron chi connectivity index (χ3n) is 6.61. The van der Waals surface area contributed by atoms with E-state index in [1.54, 1.807) is 17.0 Å². The maximum atomic E-state index is 14.2. The highest BCUT2D eigenvalue weighted by Gasteiger charge is 2.57. The standard InChI is InChI=1S/C24H24BrF3N2O2/c1-16(17-6-3-2-4-7-17)30-15-23(14-20(30)31)12-5-13-29(22(23)32)21(24(26,27)28)18-8-10-19(25)11-9-18/h2-4,6-11,16,21H,5,12-15H2,1H3/t16?,21-,23?/m0/s1. The van der Waals surface area contributed by atoms with Gasteiger partial charge in [0.15, 0.2) is 6.04 Å². The molecule has 170 valence electrons. The van der Waals surface area contributed by atoms with Gasteiger partial charge < -0.3 is 9.80 Å².